The van der Waals surface area contributed by atoms with Crippen LogP contribution in [0.25, 0.3) is 0 Å². The van der Waals surface area contributed by atoms with Gasteiger partial charge in [-0.2, -0.15) is 5.10 Å². The van der Waals surface area contributed by atoms with Crippen LogP contribution in [0.5, 0.6) is 0 Å². The monoisotopic (exact) mass is 310 g/mol. The lowest BCUT2D eigenvalue weighted by Crippen LogP contribution is -2.19. The summed E-state index contributed by atoms with van der Waals surface area (Å²) in [6.07, 6.45) is 13.4. The minimum absolute atomic E-state index is 0.266. The van der Waals surface area contributed by atoms with Crippen molar-refractivity contribution in [3.05, 3.63) is 78.2 Å². The molecule has 0 saturated carbocycles. The van der Waals surface area contributed by atoms with E-state index in [0.29, 0.717) is 5.69 Å². The summed E-state index contributed by atoms with van der Waals surface area (Å²) in [6, 6.07) is 3.90. The Hall–Kier alpha value is -2.62. The van der Waals surface area contributed by atoms with Crippen molar-refractivity contribution in [3.63, 3.8) is 0 Å². The standard InChI is InChI=1S/C19H26N4/c1-4-9-15(5-2)14-16(6-3)10-7-11-17-12-8-13-22-18(17)19(20)23-21/h4,6,8-9,12-14H,1,3,5,7,10-11,21H2,2H3,(H2,20,23)/b15-9-,16-14-. The van der Waals surface area contributed by atoms with Crippen LogP contribution in [-0.2, 0) is 6.42 Å². The maximum Gasteiger partial charge on any atom is 0.169 e. The third-order valence-electron chi connectivity index (χ3n) is 3.56. The van der Waals surface area contributed by atoms with E-state index in [1.165, 1.54) is 11.1 Å². The highest BCUT2D eigenvalue weighted by atomic mass is 15.2. The smallest absolute Gasteiger partial charge is 0.169 e. The van der Waals surface area contributed by atoms with Gasteiger partial charge in [0.25, 0.3) is 0 Å². The number of pyridine rings is 1. The number of allylic oxidation sites excluding steroid dienone is 6. The summed E-state index contributed by atoms with van der Waals surface area (Å²) in [6.45, 7) is 9.78. The molecule has 0 fully saturated rings. The fourth-order valence-electron chi connectivity index (χ4n) is 2.31. The van der Waals surface area contributed by atoms with Crippen molar-refractivity contribution in [1.82, 2.24) is 4.98 Å². The van der Waals surface area contributed by atoms with Gasteiger partial charge in [-0.3, -0.25) is 4.98 Å². The van der Waals surface area contributed by atoms with Crippen LogP contribution in [0.3, 0.4) is 0 Å². The molecule has 4 N–H and O–H groups in total. The van der Waals surface area contributed by atoms with Gasteiger partial charge in [-0.05, 0) is 48.5 Å². The number of rotatable bonds is 9. The van der Waals surface area contributed by atoms with E-state index in [4.69, 9.17) is 11.6 Å². The van der Waals surface area contributed by atoms with Crippen LogP contribution < -0.4 is 11.6 Å². The highest BCUT2D eigenvalue weighted by Gasteiger charge is 2.07. The Morgan fingerprint density at radius 3 is 2.74 bits per heavy atom. The van der Waals surface area contributed by atoms with E-state index in [-0.39, 0.29) is 5.84 Å². The van der Waals surface area contributed by atoms with E-state index in [2.05, 4.69) is 36.2 Å². The highest BCUT2D eigenvalue weighted by molar-refractivity contribution is 5.96. The molecule has 0 saturated heterocycles. The van der Waals surface area contributed by atoms with Gasteiger partial charge in [-0.15, -0.1) is 0 Å². The van der Waals surface area contributed by atoms with Gasteiger partial charge in [0.1, 0.15) is 5.69 Å². The van der Waals surface area contributed by atoms with Gasteiger partial charge >= 0.3 is 0 Å². The molecule has 0 aliphatic carbocycles. The number of aromatic nitrogens is 1. The van der Waals surface area contributed by atoms with Crippen LogP contribution in [-0.4, -0.2) is 10.8 Å². The van der Waals surface area contributed by atoms with Gasteiger partial charge in [-0.1, -0.05) is 50.5 Å². The molecular formula is C19H26N4. The predicted octanol–water partition coefficient (Wildman–Crippen LogP) is 3.62. The molecule has 1 heterocycles. The van der Waals surface area contributed by atoms with Crippen molar-refractivity contribution in [2.75, 3.05) is 0 Å². The summed E-state index contributed by atoms with van der Waals surface area (Å²) in [7, 11) is 0. The Kier molecular flexibility index (Phi) is 8.14. The van der Waals surface area contributed by atoms with E-state index in [9.17, 15) is 0 Å². The van der Waals surface area contributed by atoms with Crippen molar-refractivity contribution >= 4 is 5.84 Å². The third-order valence-corrected chi connectivity index (χ3v) is 3.56. The molecule has 0 amide bonds. The molecule has 23 heavy (non-hydrogen) atoms. The Morgan fingerprint density at radius 1 is 1.35 bits per heavy atom. The molecule has 4 nitrogen and oxygen atoms in total. The number of amidine groups is 1. The lowest BCUT2D eigenvalue weighted by Gasteiger charge is -2.08. The van der Waals surface area contributed by atoms with Gasteiger partial charge in [0, 0.05) is 6.20 Å². The minimum Gasteiger partial charge on any atom is -0.380 e. The van der Waals surface area contributed by atoms with E-state index < -0.39 is 0 Å². The molecule has 1 aromatic heterocycles. The molecule has 0 aliphatic heterocycles. The second-order valence-electron chi connectivity index (χ2n) is 5.13. The summed E-state index contributed by atoms with van der Waals surface area (Å²) in [5.74, 6) is 5.52. The summed E-state index contributed by atoms with van der Waals surface area (Å²) in [5.41, 5.74) is 9.97. The van der Waals surface area contributed by atoms with Crippen molar-refractivity contribution in [3.8, 4) is 0 Å². The molecule has 0 radical (unpaired) electrons. The molecule has 0 aliphatic rings. The topological polar surface area (TPSA) is 77.3 Å². The number of nitrogens with two attached hydrogens (primary N) is 2. The lowest BCUT2D eigenvalue weighted by molar-refractivity contribution is 0.816. The molecule has 0 unspecified atom stereocenters. The molecule has 0 spiro atoms. The van der Waals surface area contributed by atoms with E-state index in [1.54, 1.807) is 6.20 Å². The van der Waals surface area contributed by atoms with Crippen molar-refractivity contribution in [2.24, 2.45) is 16.7 Å². The Morgan fingerprint density at radius 2 is 2.13 bits per heavy atom. The summed E-state index contributed by atoms with van der Waals surface area (Å²) in [5, 5.41) is 3.54. The lowest BCUT2D eigenvalue weighted by atomic mass is 10.0. The normalized spacial score (nSPS) is 13.0. The quantitative estimate of drug-likeness (QED) is 0.240. The van der Waals surface area contributed by atoms with Crippen molar-refractivity contribution in [2.45, 2.75) is 32.6 Å². The van der Waals surface area contributed by atoms with Crippen LogP contribution >= 0.6 is 0 Å². The Balaban J connectivity index is 2.76. The average Bonchev–Trinajstić information content (AvgIpc) is 2.59. The van der Waals surface area contributed by atoms with E-state index in [0.717, 1.165) is 31.2 Å². The molecule has 1 aromatic rings. The first-order valence-corrected chi connectivity index (χ1v) is 7.78. The van der Waals surface area contributed by atoms with Crippen molar-refractivity contribution < 1.29 is 0 Å². The highest BCUT2D eigenvalue weighted by Crippen LogP contribution is 2.16. The van der Waals surface area contributed by atoms with E-state index in [1.807, 2.05) is 30.4 Å². The fraction of sp³-hybridized carbons (Fsp3) is 0.263. The Bertz CT molecular complexity index is 624. The van der Waals surface area contributed by atoms with Gasteiger partial charge in [-0.25, -0.2) is 0 Å². The van der Waals surface area contributed by atoms with Crippen molar-refractivity contribution in [1.29, 1.82) is 0 Å². The first-order valence-electron chi connectivity index (χ1n) is 7.78. The first kappa shape index (κ1) is 18.4. The summed E-state index contributed by atoms with van der Waals surface area (Å²) in [4.78, 5) is 4.26. The van der Waals surface area contributed by atoms with Crippen LogP contribution in [0, 0.1) is 0 Å². The van der Waals surface area contributed by atoms with E-state index >= 15 is 0 Å². The number of hydrazone groups is 1. The van der Waals surface area contributed by atoms with Gasteiger partial charge < -0.3 is 11.6 Å². The molecule has 1 rings (SSSR count). The SMILES string of the molecule is C=C/C=C(\C=C(\C=C)CCCc1cccnc1/C(N)=N/N)CC. The van der Waals surface area contributed by atoms with Gasteiger partial charge in [0.2, 0.25) is 0 Å². The fourth-order valence-corrected chi connectivity index (χ4v) is 2.31. The molecule has 0 atom stereocenters. The second-order valence-corrected chi connectivity index (χ2v) is 5.13. The Labute approximate surface area is 139 Å². The predicted molar refractivity (Wildman–Crippen MR) is 98.9 cm³/mol. The molecule has 122 valence electrons. The molecule has 0 aromatic carbocycles. The number of hydrogen-bond donors (Lipinski definition) is 2. The number of hydrogen-bond acceptors (Lipinski definition) is 3. The third kappa shape index (κ3) is 5.94. The number of nitrogens with zero attached hydrogens (tertiary/aromatic N) is 2. The first-order chi connectivity index (χ1) is 11.2. The molecular weight excluding hydrogens is 284 g/mol. The zero-order valence-electron chi connectivity index (χ0n) is 13.8. The zero-order valence-corrected chi connectivity index (χ0v) is 13.8. The summed E-state index contributed by atoms with van der Waals surface area (Å²) < 4.78 is 0. The summed E-state index contributed by atoms with van der Waals surface area (Å²) >= 11 is 0. The number of aryl methyl sites for hydroxylation is 1. The zero-order chi connectivity index (χ0) is 17.1. The molecule has 4 heteroatoms. The van der Waals surface area contributed by atoms with Crippen LogP contribution in [0.2, 0.25) is 0 Å². The minimum atomic E-state index is 0.266. The van der Waals surface area contributed by atoms with Crippen LogP contribution in [0.4, 0.5) is 0 Å². The van der Waals surface area contributed by atoms with Crippen LogP contribution in [0.1, 0.15) is 37.4 Å². The largest absolute Gasteiger partial charge is 0.380 e. The average molecular weight is 310 g/mol. The maximum absolute atomic E-state index is 5.79. The van der Waals surface area contributed by atoms with Gasteiger partial charge in [0.05, 0.1) is 0 Å². The maximum atomic E-state index is 5.79. The molecule has 0 bridgehead atoms. The second kappa shape index (κ2) is 10.2. The van der Waals surface area contributed by atoms with Gasteiger partial charge in [0.15, 0.2) is 5.84 Å². The van der Waals surface area contributed by atoms with Crippen LogP contribution in [0.15, 0.2) is 72.0 Å².